The van der Waals surface area contributed by atoms with E-state index in [-0.39, 0.29) is 0 Å². The molecule has 1 heterocycles. The quantitative estimate of drug-likeness (QED) is 0.467. The summed E-state index contributed by atoms with van der Waals surface area (Å²) in [6, 6.07) is 0. The topological polar surface area (TPSA) is 12.0 Å². The average molecular weight is 113 g/mol. The molecule has 1 N–H and O–H groups in total. The van der Waals surface area contributed by atoms with Crippen LogP contribution in [0, 0.1) is 0 Å². The van der Waals surface area contributed by atoms with Gasteiger partial charge in [0.2, 0.25) is 0 Å². The molecule has 0 fully saturated rings. The molecule has 1 atom stereocenters. The van der Waals surface area contributed by atoms with Gasteiger partial charge in [-0.3, -0.25) is 0 Å². The third kappa shape index (κ3) is 1.09. The van der Waals surface area contributed by atoms with Crippen molar-refractivity contribution in [3.05, 3.63) is 23.9 Å². The second kappa shape index (κ2) is 1.99. The van der Waals surface area contributed by atoms with Crippen LogP contribution in [0.5, 0.6) is 0 Å². The molecule has 1 aliphatic rings. The van der Waals surface area contributed by atoms with Gasteiger partial charge in [0.15, 0.2) is 6.30 Å². The van der Waals surface area contributed by atoms with Crippen molar-refractivity contribution < 1.29 is 4.39 Å². The Morgan fingerprint density at radius 2 is 2.50 bits per heavy atom. The van der Waals surface area contributed by atoms with Crippen molar-refractivity contribution in [1.82, 2.24) is 5.32 Å². The predicted molar refractivity (Wildman–Crippen MR) is 30.9 cm³/mol. The Hall–Kier alpha value is -0.790. The largest absolute Gasteiger partial charge is 0.359 e. The lowest BCUT2D eigenvalue weighted by Gasteiger charge is -2.07. The minimum Gasteiger partial charge on any atom is -0.359 e. The molecule has 0 aromatic heterocycles. The Labute approximate surface area is 47.9 Å². The van der Waals surface area contributed by atoms with Crippen LogP contribution in [0.2, 0.25) is 0 Å². The fourth-order valence-corrected chi connectivity index (χ4v) is 0.551. The summed E-state index contributed by atoms with van der Waals surface area (Å²) in [4.78, 5) is 0. The normalized spacial score (nSPS) is 26.8. The van der Waals surface area contributed by atoms with E-state index in [1.165, 1.54) is 6.08 Å². The smallest absolute Gasteiger partial charge is 0.188 e. The zero-order valence-electron chi connectivity index (χ0n) is 4.69. The Morgan fingerprint density at radius 3 is 2.88 bits per heavy atom. The molecule has 1 rings (SSSR count). The van der Waals surface area contributed by atoms with Gasteiger partial charge in [0, 0.05) is 6.20 Å². The molecule has 1 aliphatic heterocycles. The molecule has 0 aliphatic carbocycles. The summed E-state index contributed by atoms with van der Waals surface area (Å²) in [6.07, 6.45) is 3.90. The summed E-state index contributed by atoms with van der Waals surface area (Å²) in [7, 11) is 0. The van der Waals surface area contributed by atoms with Crippen LogP contribution in [0.4, 0.5) is 4.39 Å². The van der Waals surface area contributed by atoms with E-state index >= 15 is 0 Å². The lowest BCUT2D eigenvalue weighted by Crippen LogP contribution is -2.18. The molecule has 0 bridgehead atoms. The molecular weight excluding hydrogens is 105 g/mol. The van der Waals surface area contributed by atoms with E-state index in [0.29, 0.717) is 0 Å². The molecule has 44 valence electrons. The second-order valence-electron chi connectivity index (χ2n) is 1.82. The minimum absolute atomic E-state index is 0.987. The maximum absolute atomic E-state index is 12.1. The van der Waals surface area contributed by atoms with Crippen molar-refractivity contribution in [3.63, 3.8) is 0 Å². The van der Waals surface area contributed by atoms with Gasteiger partial charge in [-0.25, -0.2) is 4.39 Å². The Kier molecular flexibility index (Phi) is 1.33. The van der Waals surface area contributed by atoms with E-state index in [2.05, 4.69) is 5.32 Å². The van der Waals surface area contributed by atoms with Crippen molar-refractivity contribution in [1.29, 1.82) is 0 Å². The number of hydrogen-bond acceptors (Lipinski definition) is 1. The van der Waals surface area contributed by atoms with Gasteiger partial charge >= 0.3 is 0 Å². The lowest BCUT2D eigenvalue weighted by atomic mass is 10.2. The van der Waals surface area contributed by atoms with E-state index in [4.69, 9.17) is 0 Å². The SMILES string of the molecule is CC1=CNC(F)C=C1. The average Bonchev–Trinajstić information content (AvgIpc) is 1.77. The first-order chi connectivity index (χ1) is 3.79. The highest BCUT2D eigenvalue weighted by atomic mass is 19.1. The summed E-state index contributed by atoms with van der Waals surface area (Å²) in [5.41, 5.74) is 1.05. The number of rotatable bonds is 0. The molecule has 8 heavy (non-hydrogen) atoms. The van der Waals surface area contributed by atoms with E-state index in [1.807, 2.05) is 6.92 Å². The molecule has 0 aromatic rings. The lowest BCUT2D eigenvalue weighted by molar-refractivity contribution is 0.363. The van der Waals surface area contributed by atoms with Crippen LogP contribution in [-0.2, 0) is 0 Å². The van der Waals surface area contributed by atoms with Gasteiger partial charge in [-0.2, -0.15) is 0 Å². The van der Waals surface area contributed by atoms with E-state index in [9.17, 15) is 4.39 Å². The van der Waals surface area contributed by atoms with Gasteiger partial charge in [0.25, 0.3) is 0 Å². The second-order valence-corrected chi connectivity index (χ2v) is 1.82. The third-order valence-electron chi connectivity index (χ3n) is 0.998. The van der Waals surface area contributed by atoms with Crippen LogP contribution < -0.4 is 5.32 Å². The van der Waals surface area contributed by atoms with Crippen molar-refractivity contribution in [2.45, 2.75) is 13.2 Å². The first-order valence-electron chi connectivity index (χ1n) is 2.54. The van der Waals surface area contributed by atoms with Crippen molar-refractivity contribution >= 4 is 0 Å². The monoisotopic (exact) mass is 113 g/mol. The van der Waals surface area contributed by atoms with Crippen LogP contribution in [-0.4, -0.2) is 6.30 Å². The van der Waals surface area contributed by atoms with E-state index in [1.54, 1.807) is 12.3 Å². The summed E-state index contributed by atoms with van der Waals surface area (Å²) >= 11 is 0. The number of hydrogen-bond donors (Lipinski definition) is 1. The molecule has 2 heteroatoms. The molecule has 0 amide bonds. The van der Waals surface area contributed by atoms with Crippen molar-refractivity contribution in [2.24, 2.45) is 0 Å². The highest BCUT2D eigenvalue weighted by Crippen LogP contribution is 2.01. The molecular formula is C6H8FN. The van der Waals surface area contributed by atoms with Gasteiger partial charge < -0.3 is 5.32 Å². The Balaban J connectivity index is 2.58. The fourth-order valence-electron chi connectivity index (χ4n) is 0.551. The highest BCUT2D eigenvalue weighted by molar-refractivity contribution is 5.20. The maximum atomic E-state index is 12.1. The summed E-state index contributed by atoms with van der Waals surface area (Å²) < 4.78 is 12.1. The van der Waals surface area contributed by atoms with Crippen LogP contribution in [0.25, 0.3) is 0 Å². The number of halogens is 1. The van der Waals surface area contributed by atoms with Crippen LogP contribution in [0.1, 0.15) is 6.92 Å². The van der Waals surface area contributed by atoms with Crippen molar-refractivity contribution in [3.8, 4) is 0 Å². The fraction of sp³-hybridized carbons (Fsp3) is 0.333. The predicted octanol–water partition coefficient (Wildman–Crippen LogP) is 1.35. The van der Waals surface area contributed by atoms with Gasteiger partial charge in [-0.05, 0) is 18.6 Å². The van der Waals surface area contributed by atoms with Gasteiger partial charge in [0.05, 0.1) is 0 Å². The zero-order chi connectivity index (χ0) is 5.98. The standard InChI is InChI=1S/C6H8FN/c1-5-2-3-6(7)8-4-5/h2-4,6,8H,1H3. The van der Waals surface area contributed by atoms with Crippen LogP contribution >= 0.6 is 0 Å². The van der Waals surface area contributed by atoms with Gasteiger partial charge in [0.1, 0.15) is 0 Å². The van der Waals surface area contributed by atoms with E-state index < -0.39 is 6.30 Å². The number of dihydropyridines is 1. The molecule has 0 aromatic carbocycles. The first-order valence-corrected chi connectivity index (χ1v) is 2.54. The third-order valence-corrected chi connectivity index (χ3v) is 0.998. The van der Waals surface area contributed by atoms with Gasteiger partial charge in [-0.15, -0.1) is 0 Å². The van der Waals surface area contributed by atoms with Crippen LogP contribution in [0.15, 0.2) is 23.9 Å². The molecule has 0 radical (unpaired) electrons. The molecule has 1 nitrogen and oxygen atoms in total. The molecule has 1 unspecified atom stereocenters. The molecule has 0 saturated heterocycles. The molecule has 0 saturated carbocycles. The maximum Gasteiger partial charge on any atom is 0.188 e. The first kappa shape index (κ1) is 5.35. The summed E-state index contributed by atoms with van der Waals surface area (Å²) in [5.74, 6) is 0. The van der Waals surface area contributed by atoms with E-state index in [0.717, 1.165) is 5.57 Å². The minimum atomic E-state index is -0.987. The number of allylic oxidation sites excluding steroid dienone is 2. The Bertz CT molecular complexity index is 137. The van der Waals surface area contributed by atoms with Gasteiger partial charge in [-0.1, -0.05) is 6.08 Å². The summed E-state index contributed by atoms with van der Waals surface area (Å²) in [6.45, 7) is 1.91. The van der Waals surface area contributed by atoms with Crippen LogP contribution in [0.3, 0.4) is 0 Å². The highest BCUT2D eigenvalue weighted by Gasteiger charge is 1.99. The zero-order valence-corrected chi connectivity index (χ0v) is 4.69. The number of nitrogens with one attached hydrogen (secondary N) is 1. The Morgan fingerprint density at radius 1 is 1.75 bits per heavy atom. The van der Waals surface area contributed by atoms with Crippen molar-refractivity contribution in [2.75, 3.05) is 0 Å². The number of alkyl halides is 1. The molecule has 0 spiro atoms. The summed E-state index contributed by atoms with van der Waals surface area (Å²) in [5, 5.41) is 2.52.